The average Bonchev–Trinajstić information content (AvgIpc) is 2.48. The lowest BCUT2D eigenvalue weighted by Gasteiger charge is -2.00. The molecule has 1 N–H and O–H groups in total. The van der Waals surface area contributed by atoms with Crippen molar-refractivity contribution in [2.45, 2.75) is 33.2 Å². The van der Waals surface area contributed by atoms with E-state index < -0.39 is 0 Å². The summed E-state index contributed by atoms with van der Waals surface area (Å²) in [5.41, 5.74) is 2.77. The van der Waals surface area contributed by atoms with Gasteiger partial charge in [-0.25, -0.2) is 0 Å². The zero-order valence-corrected chi connectivity index (χ0v) is 8.09. The zero-order chi connectivity index (χ0) is 8.97. The zero-order valence-electron chi connectivity index (χ0n) is 8.09. The van der Waals surface area contributed by atoms with Crippen molar-refractivity contribution in [3.8, 4) is 0 Å². The second-order valence-corrected chi connectivity index (χ2v) is 2.91. The van der Waals surface area contributed by atoms with E-state index in [2.05, 4.69) is 36.5 Å². The third-order valence-corrected chi connectivity index (χ3v) is 1.95. The standard InChI is InChI=1S/C9H11N.C2H6.H2/c1-7-6-8-4-2-3-5-9(8)10-7;1-2;/h2-5,7,10H,6H2,1H3;1-2H3;1H. The van der Waals surface area contributed by atoms with Crippen LogP contribution in [0, 0.1) is 0 Å². The Balaban J connectivity index is 0.000000451. The highest BCUT2D eigenvalue weighted by Crippen LogP contribution is 2.24. The molecular weight excluding hydrogens is 146 g/mol. The third-order valence-electron chi connectivity index (χ3n) is 1.95. The molecule has 68 valence electrons. The summed E-state index contributed by atoms with van der Waals surface area (Å²) >= 11 is 0. The molecule has 1 aromatic rings. The van der Waals surface area contributed by atoms with Crippen molar-refractivity contribution in [1.82, 2.24) is 0 Å². The molecule has 0 bridgehead atoms. The molecule has 0 saturated heterocycles. The molecule has 1 aromatic carbocycles. The fourth-order valence-electron chi connectivity index (χ4n) is 1.49. The summed E-state index contributed by atoms with van der Waals surface area (Å²) in [6.07, 6.45) is 1.18. The molecule has 0 aliphatic carbocycles. The molecule has 12 heavy (non-hydrogen) atoms. The van der Waals surface area contributed by atoms with Crippen LogP contribution < -0.4 is 5.32 Å². The van der Waals surface area contributed by atoms with E-state index in [0.29, 0.717) is 6.04 Å². The van der Waals surface area contributed by atoms with Crippen LogP contribution in [0.4, 0.5) is 5.69 Å². The summed E-state index contributed by atoms with van der Waals surface area (Å²) in [7, 11) is 0. The van der Waals surface area contributed by atoms with Crippen molar-refractivity contribution in [1.29, 1.82) is 0 Å². The Hall–Kier alpha value is -0.980. The molecule has 0 fully saturated rings. The van der Waals surface area contributed by atoms with Crippen LogP contribution in [0.15, 0.2) is 24.3 Å². The number of hydrogen-bond acceptors (Lipinski definition) is 1. The van der Waals surface area contributed by atoms with Gasteiger partial charge < -0.3 is 5.32 Å². The number of benzene rings is 1. The number of hydrogen-bond donors (Lipinski definition) is 1. The van der Waals surface area contributed by atoms with E-state index in [1.165, 1.54) is 17.7 Å². The van der Waals surface area contributed by atoms with Gasteiger partial charge in [-0.3, -0.25) is 0 Å². The molecule has 0 aromatic heterocycles. The molecule has 0 radical (unpaired) electrons. The Morgan fingerprint density at radius 2 is 2.00 bits per heavy atom. The monoisotopic (exact) mass is 165 g/mol. The van der Waals surface area contributed by atoms with Crippen LogP contribution in [-0.4, -0.2) is 6.04 Å². The van der Waals surface area contributed by atoms with Crippen LogP contribution in [-0.2, 0) is 6.42 Å². The molecule has 2 rings (SSSR count). The first-order valence-corrected chi connectivity index (χ1v) is 4.71. The third kappa shape index (κ3) is 1.79. The van der Waals surface area contributed by atoms with Crippen LogP contribution in [0.5, 0.6) is 0 Å². The molecule has 1 unspecified atom stereocenters. The van der Waals surface area contributed by atoms with Gasteiger partial charge in [-0.15, -0.1) is 0 Å². The van der Waals surface area contributed by atoms with E-state index in [-0.39, 0.29) is 1.43 Å². The quantitative estimate of drug-likeness (QED) is 0.622. The molecule has 0 saturated carbocycles. The average molecular weight is 165 g/mol. The smallest absolute Gasteiger partial charge is 0.0375 e. The fraction of sp³-hybridized carbons (Fsp3) is 0.455. The van der Waals surface area contributed by atoms with Crippen LogP contribution in [0.1, 0.15) is 27.8 Å². The van der Waals surface area contributed by atoms with E-state index >= 15 is 0 Å². The Labute approximate surface area is 76.3 Å². The first kappa shape index (κ1) is 9.11. The lowest BCUT2D eigenvalue weighted by atomic mass is 10.1. The summed E-state index contributed by atoms with van der Waals surface area (Å²) in [5.74, 6) is 0. The maximum atomic E-state index is 3.40. The molecule has 1 aliphatic heterocycles. The summed E-state index contributed by atoms with van der Waals surface area (Å²) in [4.78, 5) is 0. The van der Waals surface area contributed by atoms with Gasteiger partial charge in [0.05, 0.1) is 0 Å². The predicted octanol–water partition coefficient (Wildman–Crippen LogP) is 3.32. The van der Waals surface area contributed by atoms with E-state index in [9.17, 15) is 0 Å². The first-order valence-electron chi connectivity index (χ1n) is 4.71. The molecule has 1 heteroatoms. The predicted molar refractivity (Wildman–Crippen MR) is 56.7 cm³/mol. The number of nitrogens with one attached hydrogen (secondary N) is 1. The van der Waals surface area contributed by atoms with E-state index in [1.54, 1.807) is 0 Å². The van der Waals surface area contributed by atoms with Gasteiger partial charge in [-0.2, -0.15) is 0 Å². The van der Waals surface area contributed by atoms with Crippen molar-refractivity contribution >= 4 is 5.69 Å². The molecule has 1 nitrogen and oxygen atoms in total. The van der Waals surface area contributed by atoms with Gasteiger partial charge in [0.25, 0.3) is 0 Å². The highest BCUT2D eigenvalue weighted by atomic mass is 14.9. The molecule has 0 spiro atoms. The van der Waals surface area contributed by atoms with Gasteiger partial charge in [0.15, 0.2) is 0 Å². The molecular formula is C11H19N. The first-order chi connectivity index (χ1) is 5.86. The summed E-state index contributed by atoms with van der Waals surface area (Å²) in [5, 5.41) is 3.40. The fourth-order valence-corrected chi connectivity index (χ4v) is 1.49. The Kier molecular flexibility index (Phi) is 3.15. The number of para-hydroxylation sites is 1. The molecule has 0 amide bonds. The lowest BCUT2D eigenvalue weighted by molar-refractivity contribution is 0.839. The maximum absolute atomic E-state index is 3.40. The van der Waals surface area contributed by atoms with Crippen molar-refractivity contribution in [2.75, 3.05) is 5.32 Å². The van der Waals surface area contributed by atoms with Crippen molar-refractivity contribution in [3.63, 3.8) is 0 Å². The number of fused-ring (bicyclic) bond motifs is 1. The van der Waals surface area contributed by atoms with Gasteiger partial charge in [0.1, 0.15) is 0 Å². The Morgan fingerprint density at radius 3 is 2.67 bits per heavy atom. The van der Waals surface area contributed by atoms with E-state index in [1.807, 2.05) is 13.8 Å². The van der Waals surface area contributed by atoms with Crippen LogP contribution in [0.25, 0.3) is 0 Å². The summed E-state index contributed by atoms with van der Waals surface area (Å²) in [6.45, 7) is 6.21. The van der Waals surface area contributed by atoms with E-state index in [0.717, 1.165) is 0 Å². The highest BCUT2D eigenvalue weighted by Gasteiger charge is 2.14. The van der Waals surface area contributed by atoms with Gasteiger partial charge >= 0.3 is 0 Å². The Bertz CT molecular complexity index is 223. The van der Waals surface area contributed by atoms with Crippen molar-refractivity contribution in [3.05, 3.63) is 29.8 Å². The van der Waals surface area contributed by atoms with E-state index in [4.69, 9.17) is 0 Å². The van der Waals surface area contributed by atoms with Crippen LogP contribution >= 0.6 is 0 Å². The second kappa shape index (κ2) is 4.15. The largest absolute Gasteiger partial charge is 0.382 e. The van der Waals surface area contributed by atoms with Crippen LogP contribution in [0.3, 0.4) is 0 Å². The second-order valence-electron chi connectivity index (χ2n) is 2.91. The minimum absolute atomic E-state index is 0. The van der Waals surface area contributed by atoms with Gasteiger partial charge in [-0.05, 0) is 25.0 Å². The SMILES string of the molecule is CC.CC1Cc2ccccc2N1.[HH]. The topological polar surface area (TPSA) is 12.0 Å². The van der Waals surface area contributed by atoms with Crippen LogP contribution in [0.2, 0.25) is 0 Å². The lowest BCUT2D eigenvalue weighted by Crippen LogP contribution is -2.08. The van der Waals surface area contributed by atoms with Crippen molar-refractivity contribution in [2.24, 2.45) is 0 Å². The normalized spacial score (nSPS) is 18.8. The van der Waals surface area contributed by atoms with Gasteiger partial charge in [0.2, 0.25) is 0 Å². The molecule has 1 heterocycles. The summed E-state index contributed by atoms with van der Waals surface area (Å²) in [6, 6.07) is 9.12. The maximum Gasteiger partial charge on any atom is 0.0375 e. The van der Waals surface area contributed by atoms with Crippen molar-refractivity contribution < 1.29 is 1.43 Å². The summed E-state index contributed by atoms with van der Waals surface area (Å²) < 4.78 is 0. The highest BCUT2D eigenvalue weighted by molar-refractivity contribution is 5.56. The number of rotatable bonds is 0. The number of anilines is 1. The van der Waals surface area contributed by atoms with Gasteiger partial charge in [-0.1, -0.05) is 32.0 Å². The molecule has 1 atom stereocenters. The van der Waals surface area contributed by atoms with Gasteiger partial charge in [0, 0.05) is 13.2 Å². The minimum atomic E-state index is 0. The molecule has 1 aliphatic rings. The Morgan fingerprint density at radius 1 is 1.33 bits per heavy atom. The minimum Gasteiger partial charge on any atom is -0.382 e.